The number of aliphatic imine (C=N–C) groups is 1. The lowest BCUT2D eigenvalue weighted by Gasteiger charge is -2.35. The predicted octanol–water partition coefficient (Wildman–Crippen LogP) is 2.03. The number of guanidine groups is 1. The van der Waals surface area contributed by atoms with Crippen LogP contribution in [0.1, 0.15) is 50.2 Å². The monoisotopic (exact) mass is 519 g/mol. The van der Waals surface area contributed by atoms with Gasteiger partial charge in [0, 0.05) is 39.2 Å². The zero-order chi connectivity index (χ0) is 19.9. The molecule has 8 nitrogen and oxygen atoms in total. The average Bonchev–Trinajstić information content (AvgIpc) is 3.09. The zero-order valence-corrected chi connectivity index (χ0v) is 20.7. The molecular formula is C20H38IN7O. The molecule has 1 saturated carbocycles. The summed E-state index contributed by atoms with van der Waals surface area (Å²) in [6.07, 6.45) is 8.78. The fourth-order valence-electron chi connectivity index (χ4n) is 4.55. The van der Waals surface area contributed by atoms with E-state index < -0.39 is 0 Å². The number of hydrogen-bond acceptors (Lipinski definition) is 5. The Morgan fingerprint density at radius 1 is 1.28 bits per heavy atom. The summed E-state index contributed by atoms with van der Waals surface area (Å²) in [5.41, 5.74) is 0. The van der Waals surface area contributed by atoms with E-state index >= 15 is 0 Å². The number of methoxy groups -OCH3 is 1. The Morgan fingerprint density at radius 3 is 2.69 bits per heavy atom. The normalized spacial score (nSPS) is 21.4. The third-order valence-corrected chi connectivity index (χ3v) is 6.08. The molecule has 2 N–H and O–H groups in total. The maximum Gasteiger partial charge on any atom is 0.191 e. The Morgan fingerprint density at radius 2 is 2.03 bits per heavy atom. The summed E-state index contributed by atoms with van der Waals surface area (Å²) in [6.45, 7) is 2.21. The molecule has 1 aromatic rings. The number of rotatable bonds is 7. The van der Waals surface area contributed by atoms with Gasteiger partial charge < -0.3 is 20.3 Å². The number of nitrogens with zero attached hydrogens (tertiary/aromatic N) is 5. The second kappa shape index (κ2) is 12.0. The summed E-state index contributed by atoms with van der Waals surface area (Å²) in [4.78, 5) is 11.4. The highest BCUT2D eigenvalue weighted by Gasteiger charge is 2.26. The van der Waals surface area contributed by atoms with Crippen LogP contribution in [-0.4, -0.2) is 72.5 Å². The molecule has 166 valence electrons. The summed E-state index contributed by atoms with van der Waals surface area (Å²) in [5.74, 6) is 3.48. The summed E-state index contributed by atoms with van der Waals surface area (Å²) in [5, 5.41) is 11.7. The van der Waals surface area contributed by atoms with Crippen molar-refractivity contribution in [2.75, 3.05) is 34.8 Å². The average molecular weight is 519 g/mol. The number of hydrogen-bond donors (Lipinski definition) is 2. The fraction of sp³-hybridized carbons (Fsp3) is 0.850. The molecule has 9 heteroatoms. The Kier molecular flexibility index (Phi) is 10.1. The van der Waals surface area contributed by atoms with Crippen LogP contribution in [-0.2, 0) is 24.3 Å². The molecule has 3 rings (SSSR count). The number of aromatic nitrogens is 3. The molecule has 1 fully saturated rings. The fourth-order valence-corrected chi connectivity index (χ4v) is 4.55. The lowest BCUT2D eigenvalue weighted by Crippen LogP contribution is -2.51. The molecule has 1 aliphatic carbocycles. The van der Waals surface area contributed by atoms with Crippen LogP contribution in [0.5, 0.6) is 0 Å². The summed E-state index contributed by atoms with van der Waals surface area (Å²) in [6, 6.07) is 0.854. The molecular weight excluding hydrogens is 481 g/mol. The molecule has 0 aromatic carbocycles. The standard InChI is InChI=1S/C20H37N7O.HI/c1-21-20(22-12-17(26(2)3)15-8-6-5-7-9-15)23-16-10-11-19-24-18(14-28-4)25-27(19)13-16;/h15-17H,5-14H2,1-4H3,(H2,21,22,23);1H. The van der Waals surface area contributed by atoms with Crippen molar-refractivity contribution in [3.63, 3.8) is 0 Å². The summed E-state index contributed by atoms with van der Waals surface area (Å²) < 4.78 is 7.16. The van der Waals surface area contributed by atoms with E-state index in [9.17, 15) is 0 Å². The highest BCUT2D eigenvalue weighted by atomic mass is 127. The Labute approximate surface area is 192 Å². The molecule has 2 heterocycles. The van der Waals surface area contributed by atoms with E-state index in [1.165, 1.54) is 32.1 Å². The van der Waals surface area contributed by atoms with Gasteiger partial charge in [0.1, 0.15) is 12.4 Å². The Balaban J connectivity index is 0.00000300. The van der Waals surface area contributed by atoms with Crippen LogP contribution < -0.4 is 10.6 Å². The second-order valence-electron chi connectivity index (χ2n) is 8.32. The van der Waals surface area contributed by atoms with Gasteiger partial charge in [0.25, 0.3) is 0 Å². The topological polar surface area (TPSA) is 79.6 Å². The molecule has 0 amide bonds. The Bertz CT molecular complexity index is 643. The van der Waals surface area contributed by atoms with E-state index in [0.717, 1.165) is 49.5 Å². The van der Waals surface area contributed by atoms with Gasteiger partial charge in [0.2, 0.25) is 0 Å². The zero-order valence-electron chi connectivity index (χ0n) is 18.4. The van der Waals surface area contributed by atoms with Gasteiger partial charge >= 0.3 is 0 Å². The number of fused-ring (bicyclic) bond motifs is 1. The third kappa shape index (κ3) is 6.78. The van der Waals surface area contributed by atoms with Gasteiger partial charge in [-0.25, -0.2) is 9.67 Å². The maximum atomic E-state index is 5.15. The van der Waals surface area contributed by atoms with E-state index in [0.29, 0.717) is 18.7 Å². The van der Waals surface area contributed by atoms with Crippen LogP contribution in [0.25, 0.3) is 0 Å². The third-order valence-electron chi connectivity index (χ3n) is 6.08. The van der Waals surface area contributed by atoms with Gasteiger partial charge in [-0.1, -0.05) is 19.3 Å². The first-order valence-electron chi connectivity index (χ1n) is 10.7. The molecule has 29 heavy (non-hydrogen) atoms. The van der Waals surface area contributed by atoms with Crippen LogP contribution in [0.4, 0.5) is 0 Å². The van der Waals surface area contributed by atoms with E-state index in [-0.39, 0.29) is 24.0 Å². The summed E-state index contributed by atoms with van der Waals surface area (Å²) >= 11 is 0. The van der Waals surface area contributed by atoms with Crippen molar-refractivity contribution in [2.45, 2.75) is 70.2 Å². The number of halogens is 1. The van der Waals surface area contributed by atoms with Crippen molar-refractivity contribution in [2.24, 2.45) is 10.9 Å². The van der Waals surface area contributed by atoms with Crippen LogP contribution in [0.15, 0.2) is 4.99 Å². The van der Waals surface area contributed by atoms with Crippen molar-refractivity contribution in [1.29, 1.82) is 0 Å². The van der Waals surface area contributed by atoms with Crippen LogP contribution in [0.2, 0.25) is 0 Å². The van der Waals surface area contributed by atoms with E-state index in [4.69, 9.17) is 4.74 Å². The highest BCUT2D eigenvalue weighted by Crippen LogP contribution is 2.28. The first-order chi connectivity index (χ1) is 13.6. The van der Waals surface area contributed by atoms with Crippen LogP contribution in [0.3, 0.4) is 0 Å². The van der Waals surface area contributed by atoms with Crippen molar-refractivity contribution < 1.29 is 4.74 Å². The molecule has 2 unspecified atom stereocenters. The largest absolute Gasteiger partial charge is 0.377 e. The number of aryl methyl sites for hydroxylation is 1. The maximum absolute atomic E-state index is 5.15. The minimum absolute atomic E-state index is 0. The minimum Gasteiger partial charge on any atom is -0.377 e. The Hall–Kier alpha value is -0.940. The SMILES string of the molecule is CN=C(NCC(C1CCCCC1)N(C)C)NC1CCc2nc(COC)nn2C1.I. The first kappa shape index (κ1) is 24.3. The van der Waals surface area contributed by atoms with Crippen molar-refractivity contribution >= 4 is 29.9 Å². The van der Waals surface area contributed by atoms with Gasteiger partial charge in [-0.05, 0) is 39.3 Å². The van der Waals surface area contributed by atoms with Crippen molar-refractivity contribution in [3.05, 3.63) is 11.6 Å². The molecule has 0 radical (unpaired) electrons. The van der Waals surface area contributed by atoms with Crippen molar-refractivity contribution in [1.82, 2.24) is 30.3 Å². The molecule has 2 aliphatic rings. The number of nitrogens with one attached hydrogen (secondary N) is 2. The molecule has 1 aromatic heterocycles. The quantitative estimate of drug-likeness (QED) is 0.326. The van der Waals surface area contributed by atoms with Gasteiger partial charge in [-0.2, -0.15) is 5.10 Å². The van der Waals surface area contributed by atoms with Gasteiger partial charge in [-0.15, -0.1) is 24.0 Å². The van der Waals surface area contributed by atoms with E-state index in [1.54, 1.807) is 7.11 Å². The predicted molar refractivity (Wildman–Crippen MR) is 127 cm³/mol. The smallest absolute Gasteiger partial charge is 0.191 e. The van der Waals surface area contributed by atoms with Gasteiger partial charge in [-0.3, -0.25) is 4.99 Å². The first-order valence-corrected chi connectivity index (χ1v) is 10.7. The van der Waals surface area contributed by atoms with Crippen molar-refractivity contribution in [3.8, 4) is 0 Å². The van der Waals surface area contributed by atoms with Crippen LogP contribution in [0, 0.1) is 5.92 Å². The number of likely N-dealkylation sites (N-methyl/N-ethyl adjacent to an activating group) is 1. The lowest BCUT2D eigenvalue weighted by atomic mass is 9.83. The molecule has 2 atom stereocenters. The van der Waals surface area contributed by atoms with E-state index in [1.807, 2.05) is 11.7 Å². The molecule has 0 spiro atoms. The number of ether oxygens (including phenoxy) is 1. The van der Waals surface area contributed by atoms with Gasteiger partial charge in [0.05, 0.1) is 6.54 Å². The summed E-state index contributed by atoms with van der Waals surface area (Å²) in [7, 11) is 7.92. The molecule has 0 saturated heterocycles. The molecule has 1 aliphatic heterocycles. The minimum atomic E-state index is 0. The highest BCUT2D eigenvalue weighted by molar-refractivity contribution is 14.0. The van der Waals surface area contributed by atoms with E-state index in [2.05, 4.69) is 44.7 Å². The lowest BCUT2D eigenvalue weighted by molar-refractivity contribution is 0.171. The van der Waals surface area contributed by atoms with Crippen LogP contribution >= 0.6 is 24.0 Å². The molecule has 0 bridgehead atoms. The van der Waals surface area contributed by atoms with Gasteiger partial charge in [0.15, 0.2) is 11.8 Å². The second-order valence-corrected chi connectivity index (χ2v) is 8.32.